The first-order valence-electron chi connectivity index (χ1n) is 5.99. The van der Waals surface area contributed by atoms with Gasteiger partial charge in [-0.15, -0.1) is 0 Å². The molecule has 80 valence electrons. The van der Waals surface area contributed by atoms with Gasteiger partial charge in [-0.05, 0) is 30.9 Å². The Labute approximate surface area is 91.1 Å². The van der Waals surface area contributed by atoms with E-state index in [0.717, 1.165) is 19.1 Å². The molecule has 0 bridgehead atoms. The molecule has 2 nitrogen and oxygen atoms in total. The second kappa shape index (κ2) is 3.86. The predicted octanol–water partition coefficient (Wildman–Crippen LogP) is 2.34. The van der Waals surface area contributed by atoms with Crippen molar-refractivity contribution in [2.75, 3.05) is 18.4 Å². The van der Waals surface area contributed by atoms with Gasteiger partial charge in [0.25, 0.3) is 0 Å². The highest BCUT2D eigenvalue weighted by Gasteiger charge is 2.24. The van der Waals surface area contributed by atoms with E-state index >= 15 is 0 Å². The van der Waals surface area contributed by atoms with Crippen LogP contribution in [-0.2, 0) is 0 Å². The van der Waals surface area contributed by atoms with Gasteiger partial charge in [-0.3, -0.25) is 0 Å². The normalized spacial score (nSPS) is 24.4. The van der Waals surface area contributed by atoms with Gasteiger partial charge in [0.05, 0.1) is 0 Å². The van der Waals surface area contributed by atoms with Crippen molar-refractivity contribution in [2.24, 2.45) is 0 Å². The number of anilines is 1. The lowest BCUT2D eigenvalue weighted by Gasteiger charge is -2.26. The lowest BCUT2D eigenvalue weighted by molar-refractivity contribution is 0.549. The third kappa shape index (κ3) is 2.00. The second-order valence-corrected chi connectivity index (χ2v) is 4.68. The third-order valence-electron chi connectivity index (χ3n) is 3.44. The van der Waals surface area contributed by atoms with E-state index in [4.69, 9.17) is 0 Å². The molecule has 0 saturated heterocycles. The third-order valence-corrected chi connectivity index (χ3v) is 3.44. The van der Waals surface area contributed by atoms with Crippen molar-refractivity contribution in [1.82, 2.24) is 5.32 Å². The fraction of sp³-hybridized carbons (Fsp3) is 0.538. The van der Waals surface area contributed by atoms with Crippen LogP contribution in [-0.4, -0.2) is 19.1 Å². The Morgan fingerprint density at radius 2 is 2.07 bits per heavy atom. The molecular formula is C13H18N2. The van der Waals surface area contributed by atoms with Crippen LogP contribution < -0.4 is 10.6 Å². The smallest absolute Gasteiger partial charge is 0.0376 e. The van der Waals surface area contributed by atoms with Crippen molar-refractivity contribution in [3.63, 3.8) is 0 Å². The average Bonchev–Trinajstić information content (AvgIpc) is 3.10. The Morgan fingerprint density at radius 3 is 2.93 bits per heavy atom. The van der Waals surface area contributed by atoms with Crippen molar-refractivity contribution in [2.45, 2.75) is 31.2 Å². The number of rotatable bonds is 3. The highest BCUT2D eigenvalue weighted by atomic mass is 15.0. The minimum absolute atomic E-state index is 0.711. The van der Waals surface area contributed by atoms with E-state index in [1.165, 1.54) is 30.5 Å². The molecule has 0 aromatic heterocycles. The van der Waals surface area contributed by atoms with Gasteiger partial charge in [-0.2, -0.15) is 0 Å². The highest BCUT2D eigenvalue weighted by molar-refractivity contribution is 5.54. The van der Waals surface area contributed by atoms with E-state index in [1.807, 2.05) is 0 Å². The number of fused-ring (bicyclic) bond motifs is 1. The lowest BCUT2D eigenvalue weighted by Crippen LogP contribution is -2.28. The maximum atomic E-state index is 3.64. The molecule has 2 N–H and O–H groups in total. The molecule has 0 radical (unpaired) electrons. The van der Waals surface area contributed by atoms with Crippen LogP contribution in [0.15, 0.2) is 24.3 Å². The summed E-state index contributed by atoms with van der Waals surface area (Å²) in [5.74, 6) is 0.711. The van der Waals surface area contributed by atoms with E-state index in [1.54, 1.807) is 0 Å². The van der Waals surface area contributed by atoms with Gasteiger partial charge >= 0.3 is 0 Å². The predicted molar refractivity (Wildman–Crippen MR) is 63.3 cm³/mol. The van der Waals surface area contributed by atoms with Crippen LogP contribution in [0.3, 0.4) is 0 Å². The quantitative estimate of drug-likeness (QED) is 0.786. The molecule has 1 aliphatic heterocycles. The van der Waals surface area contributed by atoms with Gasteiger partial charge in [0.2, 0.25) is 0 Å². The van der Waals surface area contributed by atoms with Gasteiger partial charge in [-0.1, -0.05) is 18.2 Å². The van der Waals surface area contributed by atoms with Crippen molar-refractivity contribution in [3.05, 3.63) is 29.8 Å². The zero-order valence-electron chi connectivity index (χ0n) is 9.00. The maximum absolute atomic E-state index is 3.64. The summed E-state index contributed by atoms with van der Waals surface area (Å²) in [7, 11) is 0. The van der Waals surface area contributed by atoms with Crippen LogP contribution in [0.1, 0.15) is 30.7 Å². The van der Waals surface area contributed by atoms with Crippen molar-refractivity contribution >= 4 is 5.69 Å². The maximum Gasteiger partial charge on any atom is 0.0376 e. The summed E-state index contributed by atoms with van der Waals surface area (Å²) in [6.45, 7) is 2.28. The number of nitrogens with one attached hydrogen (secondary N) is 2. The minimum Gasteiger partial charge on any atom is -0.385 e. The standard InChI is InChI=1S/C13H18N2/c1-2-4-13-12(3-1)10(7-8-14-13)9-15-11-5-6-11/h1-4,10-11,14-15H,5-9H2. The van der Waals surface area contributed by atoms with Gasteiger partial charge in [0, 0.05) is 30.7 Å². The molecule has 2 aliphatic rings. The molecule has 1 atom stereocenters. The van der Waals surface area contributed by atoms with Crippen LogP contribution in [0.5, 0.6) is 0 Å². The number of hydrogen-bond donors (Lipinski definition) is 2. The Balaban J connectivity index is 1.73. The summed E-state index contributed by atoms with van der Waals surface area (Å²) in [5, 5.41) is 7.11. The molecule has 1 aliphatic carbocycles. The molecule has 1 unspecified atom stereocenters. The van der Waals surface area contributed by atoms with E-state index in [2.05, 4.69) is 34.9 Å². The summed E-state index contributed by atoms with van der Waals surface area (Å²) in [5.41, 5.74) is 2.84. The van der Waals surface area contributed by atoms with Gasteiger partial charge < -0.3 is 10.6 Å². The second-order valence-electron chi connectivity index (χ2n) is 4.68. The molecule has 1 heterocycles. The SMILES string of the molecule is c1ccc2c(c1)NCCC2CNC1CC1. The number of benzene rings is 1. The van der Waals surface area contributed by atoms with Gasteiger partial charge in [0.1, 0.15) is 0 Å². The van der Waals surface area contributed by atoms with Crippen molar-refractivity contribution in [3.8, 4) is 0 Å². The molecule has 1 aromatic carbocycles. The zero-order chi connectivity index (χ0) is 10.1. The molecule has 3 rings (SSSR count). The molecule has 1 aromatic rings. The molecule has 15 heavy (non-hydrogen) atoms. The fourth-order valence-electron chi connectivity index (χ4n) is 2.36. The molecular weight excluding hydrogens is 184 g/mol. The van der Waals surface area contributed by atoms with Gasteiger partial charge in [0.15, 0.2) is 0 Å². The average molecular weight is 202 g/mol. The highest BCUT2D eigenvalue weighted by Crippen LogP contribution is 2.31. The topological polar surface area (TPSA) is 24.1 Å². The monoisotopic (exact) mass is 202 g/mol. The van der Waals surface area contributed by atoms with Crippen LogP contribution in [0.2, 0.25) is 0 Å². The Bertz CT molecular complexity index is 344. The van der Waals surface area contributed by atoms with E-state index in [9.17, 15) is 0 Å². The lowest BCUT2D eigenvalue weighted by atomic mass is 9.91. The molecule has 1 saturated carbocycles. The minimum atomic E-state index is 0.711. The van der Waals surface area contributed by atoms with Crippen LogP contribution in [0, 0.1) is 0 Å². The van der Waals surface area contributed by atoms with E-state index < -0.39 is 0 Å². The van der Waals surface area contributed by atoms with E-state index in [-0.39, 0.29) is 0 Å². The zero-order valence-corrected chi connectivity index (χ0v) is 9.00. The Morgan fingerprint density at radius 1 is 1.20 bits per heavy atom. The van der Waals surface area contributed by atoms with Crippen LogP contribution in [0.25, 0.3) is 0 Å². The summed E-state index contributed by atoms with van der Waals surface area (Å²) in [6.07, 6.45) is 4.02. The molecule has 1 fully saturated rings. The van der Waals surface area contributed by atoms with Gasteiger partial charge in [-0.25, -0.2) is 0 Å². The van der Waals surface area contributed by atoms with Crippen molar-refractivity contribution < 1.29 is 0 Å². The number of para-hydroxylation sites is 1. The summed E-state index contributed by atoms with van der Waals surface area (Å²) in [4.78, 5) is 0. The Hall–Kier alpha value is -1.02. The molecule has 2 heteroatoms. The summed E-state index contributed by atoms with van der Waals surface area (Å²) < 4.78 is 0. The van der Waals surface area contributed by atoms with Crippen LogP contribution in [0.4, 0.5) is 5.69 Å². The number of hydrogen-bond acceptors (Lipinski definition) is 2. The first kappa shape index (κ1) is 9.22. The molecule has 0 amide bonds. The van der Waals surface area contributed by atoms with Crippen molar-refractivity contribution in [1.29, 1.82) is 0 Å². The summed E-state index contributed by atoms with van der Waals surface area (Å²) >= 11 is 0. The first-order valence-corrected chi connectivity index (χ1v) is 5.99. The Kier molecular flexibility index (Phi) is 2.37. The first-order chi connectivity index (χ1) is 7.43. The van der Waals surface area contributed by atoms with E-state index in [0.29, 0.717) is 5.92 Å². The largest absolute Gasteiger partial charge is 0.385 e. The summed E-state index contributed by atoms with van der Waals surface area (Å²) in [6, 6.07) is 9.55. The van der Waals surface area contributed by atoms with Crippen LogP contribution >= 0.6 is 0 Å². The fourth-order valence-corrected chi connectivity index (χ4v) is 2.36. The molecule has 0 spiro atoms.